The van der Waals surface area contributed by atoms with E-state index in [2.05, 4.69) is 9.72 Å². The molecule has 0 radical (unpaired) electrons. The molecule has 0 spiro atoms. The third-order valence-corrected chi connectivity index (χ3v) is 4.05. The summed E-state index contributed by atoms with van der Waals surface area (Å²) in [5.41, 5.74) is -0.385. The summed E-state index contributed by atoms with van der Waals surface area (Å²) in [5.74, 6) is -0.589. The topological polar surface area (TPSA) is 57.7 Å². The maximum atomic E-state index is 11.6. The molecule has 1 aliphatic heterocycles. The number of rotatable bonds is 2. The lowest BCUT2D eigenvalue weighted by molar-refractivity contribution is 0.00578. The van der Waals surface area contributed by atoms with Crippen molar-refractivity contribution < 1.29 is 18.8 Å². The number of carbonyl (C=O) groups excluding carboxylic acids is 1. The van der Waals surface area contributed by atoms with Crippen LogP contribution in [-0.2, 0) is 14.0 Å². The third kappa shape index (κ3) is 2.55. The van der Waals surface area contributed by atoms with Crippen LogP contribution in [0.1, 0.15) is 38.2 Å². The number of halogens is 1. The van der Waals surface area contributed by atoms with Gasteiger partial charge in [0.1, 0.15) is 0 Å². The molecule has 1 aromatic rings. The fraction of sp³-hybridized carbons (Fsp3) is 0.538. The monoisotopic (exact) mass is 297 g/mol. The van der Waals surface area contributed by atoms with E-state index in [1.54, 1.807) is 12.1 Å². The predicted octanol–water partition coefficient (Wildman–Crippen LogP) is 1.82. The summed E-state index contributed by atoms with van der Waals surface area (Å²) >= 11 is 5.94. The molecular weight excluding hydrogens is 280 g/mol. The molecule has 20 heavy (non-hydrogen) atoms. The van der Waals surface area contributed by atoms with Crippen molar-refractivity contribution in [2.75, 3.05) is 7.11 Å². The Balaban J connectivity index is 2.34. The van der Waals surface area contributed by atoms with Gasteiger partial charge in [0, 0.05) is 0 Å². The second-order valence-electron chi connectivity index (χ2n) is 5.65. The first kappa shape index (κ1) is 15.3. The average Bonchev–Trinajstić information content (AvgIpc) is 2.58. The Hall–Kier alpha value is -1.11. The van der Waals surface area contributed by atoms with Gasteiger partial charge in [0.15, 0.2) is 5.69 Å². The molecule has 7 heteroatoms. The van der Waals surface area contributed by atoms with E-state index in [9.17, 15) is 4.79 Å². The zero-order chi connectivity index (χ0) is 15.1. The molecule has 2 rings (SSSR count). The van der Waals surface area contributed by atoms with Crippen molar-refractivity contribution in [2.45, 2.75) is 38.9 Å². The van der Waals surface area contributed by atoms with Crippen LogP contribution >= 0.6 is 11.6 Å². The van der Waals surface area contributed by atoms with E-state index in [4.69, 9.17) is 20.9 Å². The minimum Gasteiger partial charge on any atom is -0.464 e. The lowest BCUT2D eigenvalue weighted by Gasteiger charge is -2.32. The third-order valence-electron chi connectivity index (χ3n) is 3.74. The second kappa shape index (κ2) is 5.02. The Morgan fingerprint density at radius 2 is 1.80 bits per heavy atom. The zero-order valence-electron chi connectivity index (χ0n) is 12.2. The van der Waals surface area contributed by atoms with Gasteiger partial charge < -0.3 is 14.0 Å². The molecule has 0 atom stereocenters. The smallest absolute Gasteiger partial charge is 0.464 e. The molecular formula is C13H17BClNO4. The van der Waals surface area contributed by atoms with Crippen LogP contribution in [0.3, 0.4) is 0 Å². The van der Waals surface area contributed by atoms with Crippen LogP contribution in [0.5, 0.6) is 0 Å². The number of esters is 1. The minimum atomic E-state index is -0.638. The van der Waals surface area contributed by atoms with E-state index in [0.29, 0.717) is 5.59 Å². The summed E-state index contributed by atoms with van der Waals surface area (Å²) in [5, 5.41) is 0.233. The van der Waals surface area contributed by atoms with Gasteiger partial charge in [-0.25, -0.2) is 9.78 Å². The van der Waals surface area contributed by atoms with Crippen LogP contribution < -0.4 is 5.59 Å². The van der Waals surface area contributed by atoms with Crippen molar-refractivity contribution in [1.29, 1.82) is 0 Å². The van der Waals surface area contributed by atoms with Crippen molar-refractivity contribution in [1.82, 2.24) is 4.98 Å². The molecule has 0 amide bonds. The van der Waals surface area contributed by atoms with Crippen molar-refractivity contribution in [3.8, 4) is 0 Å². The molecule has 1 aliphatic rings. The summed E-state index contributed by atoms with van der Waals surface area (Å²) in [6.07, 6.45) is 0. The summed E-state index contributed by atoms with van der Waals surface area (Å²) in [6.45, 7) is 7.79. The highest BCUT2D eigenvalue weighted by Crippen LogP contribution is 2.36. The first-order chi connectivity index (χ1) is 9.18. The van der Waals surface area contributed by atoms with Gasteiger partial charge in [0.25, 0.3) is 0 Å². The van der Waals surface area contributed by atoms with Gasteiger partial charge in [-0.3, -0.25) is 0 Å². The summed E-state index contributed by atoms with van der Waals surface area (Å²) in [7, 11) is 0.641. The van der Waals surface area contributed by atoms with Gasteiger partial charge in [-0.15, -0.1) is 0 Å². The fourth-order valence-electron chi connectivity index (χ4n) is 1.79. The SMILES string of the molecule is COC(=O)c1nc(B2OC(C)(C)C(C)(C)O2)ccc1Cl. The second-order valence-corrected chi connectivity index (χ2v) is 6.05. The highest BCUT2D eigenvalue weighted by molar-refractivity contribution is 6.61. The number of ether oxygens (including phenoxy) is 1. The lowest BCUT2D eigenvalue weighted by atomic mass is 9.84. The summed E-state index contributed by atoms with van der Waals surface area (Å²) < 4.78 is 16.4. The molecule has 0 unspecified atom stereocenters. The number of carbonyl (C=O) groups is 1. The largest absolute Gasteiger partial charge is 0.514 e. The number of pyridine rings is 1. The first-order valence-corrected chi connectivity index (χ1v) is 6.66. The molecule has 1 saturated heterocycles. The lowest BCUT2D eigenvalue weighted by Crippen LogP contribution is -2.41. The molecule has 1 fully saturated rings. The molecule has 0 bridgehead atoms. The van der Waals surface area contributed by atoms with Gasteiger partial charge in [-0.2, -0.15) is 0 Å². The van der Waals surface area contributed by atoms with Crippen molar-refractivity contribution in [3.05, 3.63) is 22.8 Å². The van der Waals surface area contributed by atoms with E-state index >= 15 is 0 Å². The fourth-order valence-corrected chi connectivity index (χ4v) is 1.97. The molecule has 108 valence electrons. The van der Waals surface area contributed by atoms with E-state index in [0.717, 1.165) is 0 Å². The molecule has 0 aromatic carbocycles. The van der Waals surface area contributed by atoms with Crippen molar-refractivity contribution in [2.24, 2.45) is 0 Å². The molecule has 0 saturated carbocycles. The molecule has 2 heterocycles. The van der Waals surface area contributed by atoms with Gasteiger partial charge in [-0.05, 0) is 39.8 Å². The quantitative estimate of drug-likeness (QED) is 0.615. The normalized spacial score (nSPS) is 20.0. The Labute approximate surface area is 123 Å². The van der Waals surface area contributed by atoms with Crippen LogP contribution in [-0.4, -0.2) is 36.4 Å². The zero-order valence-corrected chi connectivity index (χ0v) is 12.9. The van der Waals surface area contributed by atoms with E-state index in [1.807, 2.05) is 27.7 Å². The molecule has 0 N–H and O–H groups in total. The Kier molecular flexibility index (Phi) is 3.84. The number of hydrogen-bond acceptors (Lipinski definition) is 5. The Bertz CT molecular complexity index is 531. The highest BCUT2D eigenvalue weighted by atomic mass is 35.5. The molecule has 5 nitrogen and oxygen atoms in total. The van der Waals surface area contributed by atoms with Gasteiger partial charge >= 0.3 is 13.1 Å². The highest BCUT2D eigenvalue weighted by Gasteiger charge is 2.52. The maximum Gasteiger partial charge on any atom is 0.514 e. The van der Waals surface area contributed by atoms with Crippen molar-refractivity contribution in [3.63, 3.8) is 0 Å². The van der Waals surface area contributed by atoms with Crippen LogP contribution in [0.15, 0.2) is 12.1 Å². The number of methoxy groups -OCH3 is 1. The Morgan fingerprint density at radius 1 is 1.25 bits per heavy atom. The van der Waals surface area contributed by atoms with Gasteiger partial charge in [-0.1, -0.05) is 11.6 Å². The van der Waals surface area contributed by atoms with Gasteiger partial charge in [0.2, 0.25) is 0 Å². The average molecular weight is 298 g/mol. The Morgan fingerprint density at radius 3 is 2.30 bits per heavy atom. The van der Waals surface area contributed by atoms with E-state index in [1.165, 1.54) is 7.11 Å². The standard InChI is InChI=1S/C13H17BClNO4/c1-12(2)13(3,4)20-14(19-12)9-7-6-8(15)10(16-9)11(17)18-5/h6-7H,1-5H3. The number of hydrogen-bond donors (Lipinski definition) is 0. The van der Waals surface area contributed by atoms with Crippen molar-refractivity contribution >= 4 is 30.3 Å². The first-order valence-electron chi connectivity index (χ1n) is 6.28. The van der Waals surface area contributed by atoms with Crippen LogP contribution in [0.25, 0.3) is 0 Å². The van der Waals surface area contributed by atoms with Crippen LogP contribution in [0, 0.1) is 0 Å². The summed E-state index contributed by atoms with van der Waals surface area (Å²) in [6, 6.07) is 3.26. The maximum absolute atomic E-state index is 11.6. The van der Waals surface area contributed by atoms with Crippen LogP contribution in [0.2, 0.25) is 5.02 Å². The number of nitrogens with zero attached hydrogens (tertiary/aromatic N) is 1. The van der Waals surface area contributed by atoms with Crippen LogP contribution in [0.4, 0.5) is 0 Å². The predicted molar refractivity (Wildman–Crippen MR) is 76.3 cm³/mol. The van der Waals surface area contributed by atoms with E-state index < -0.39 is 24.3 Å². The molecule has 1 aromatic heterocycles. The minimum absolute atomic E-state index is 0.0568. The number of aromatic nitrogens is 1. The van der Waals surface area contributed by atoms with Gasteiger partial charge in [0.05, 0.1) is 28.9 Å². The summed E-state index contributed by atoms with van der Waals surface area (Å²) in [4.78, 5) is 15.8. The van der Waals surface area contributed by atoms with E-state index in [-0.39, 0.29) is 10.7 Å². The molecule has 0 aliphatic carbocycles.